The zero-order valence-corrected chi connectivity index (χ0v) is 14.4. The molecule has 0 bridgehead atoms. The summed E-state index contributed by atoms with van der Waals surface area (Å²) in [5, 5.41) is 22.0. The number of rotatable bonds is 6. The van der Waals surface area contributed by atoms with Crippen molar-refractivity contribution in [2.45, 2.75) is 19.9 Å². The number of aryl methyl sites for hydroxylation is 2. The molecule has 0 radical (unpaired) electrons. The van der Waals surface area contributed by atoms with Crippen LogP contribution in [-0.2, 0) is 18.4 Å². The highest BCUT2D eigenvalue weighted by Gasteiger charge is 2.13. The van der Waals surface area contributed by atoms with Gasteiger partial charge in [-0.15, -0.1) is 11.3 Å². The van der Waals surface area contributed by atoms with E-state index in [0.29, 0.717) is 11.7 Å². The first kappa shape index (κ1) is 16.8. The molecular weight excluding hydrogens is 344 g/mol. The summed E-state index contributed by atoms with van der Waals surface area (Å²) in [6.07, 6.45) is 4.56. The third-order valence-electron chi connectivity index (χ3n) is 3.71. The third-order valence-corrected chi connectivity index (χ3v) is 4.47. The number of nitrogens with zero attached hydrogens (tertiary/aromatic N) is 5. The Kier molecular flexibility index (Phi) is 4.61. The number of carboxylic acid groups (broad SMARTS) is 1. The number of hydrogen-bond donors (Lipinski definition) is 2. The van der Waals surface area contributed by atoms with Gasteiger partial charge < -0.3 is 10.4 Å². The molecule has 0 unspecified atom stereocenters. The van der Waals surface area contributed by atoms with Gasteiger partial charge in [-0.25, -0.2) is 9.78 Å². The molecule has 0 spiro atoms. The highest BCUT2D eigenvalue weighted by atomic mass is 32.1. The molecule has 10 heteroatoms. The summed E-state index contributed by atoms with van der Waals surface area (Å²) in [5.41, 5.74) is 2.79. The van der Waals surface area contributed by atoms with Crippen LogP contribution in [0.3, 0.4) is 0 Å². The Labute approximate surface area is 146 Å². The highest BCUT2D eigenvalue weighted by molar-refractivity contribution is 7.14. The first-order chi connectivity index (χ1) is 11.9. The molecule has 0 fully saturated rings. The van der Waals surface area contributed by atoms with Gasteiger partial charge in [0.15, 0.2) is 5.13 Å². The van der Waals surface area contributed by atoms with Gasteiger partial charge in [0.2, 0.25) is 5.91 Å². The average Bonchev–Trinajstić information content (AvgIpc) is 3.28. The Morgan fingerprint density at radius 2 is 2.12 bits per heavy atom. The standard InChI is InChI=1S/C15H16N6O3S/c1-9-11(6-16-20(9)2)12-8-25-15(18-12)19-13(22)3-4-21-7-10(5-17-21)14(23)24/h5-8H,3-4H2,1-2H3,(H,23,24)(H,18,19,22). The summed E-state index contributed by atoms with van der Waals surface area (Å²) in [7, 11) is 1.86. The van der Waals surface area contributed by atoms with Crippen molar-refractivity contribution in [1.82, 2.24) is 24.5 Å². The molecule has 0 aliphatic carbocycles. The average molecular weight is 360 g/mol. The minimum atomic E-state index is -1.04. The zero-order chi connectivity index (χ0) is 18.0. The molecule has 0 saturated carbocycles. The first-order valence-corrected chi connectivity index (χ1v) is 8.32. The van der Waals surface area contributed by atoms with E-state index in [1.54, 1.807) is 10.9 Å². The molecule has 1 amide bonds. The van der Waals surface area contributed by atoms with Crippen molar-refractivity contribution in [3.8, 4) is 11.3 Å². The Bertz CT molecular complexity index is 925. The maximum Gasteiger partial charge on any atom is 0.338 e. The van der Waals surface area contributed by atoms with E-state index in [1.807, 2.05) is 19.4 Å². The summed E-state index contributed by atoms with van der Waals surface area (Å²) < 4.78 is 3.19. The van der Waals surface area contributed by atoms with E-state index in [-0.39, 0.29) is 17.9 Å². The van der Waals surface area contributed by atoms with E-state index in [0.717, 1.165) is 17.0 Å². The van der Waals surface area contributed by atoms with Gasteiger partial charge in [0.05, 0.1) is 23.7 Å². The number of carbonyl (C=O) groups is 2. The highest BCUT2D eigenvalue weighted by Crippen LogP contribution is 2.26. The quantitative estimate of drug-likeness (QED) is 0.692. The second-order valence-corrected chi connectivity index (χ2v) is 6.26. The van der Waals surface area contributed by atoms with Crippen LogP contribution in [0.15, 0.2) is 24.0 Å². The van der Waals surface area contributed by atoms with Crippen molar-refractivity contribution in [3.63, 3.8) is 0 Å². The fourth-order valence-corrected chi connectivity index (χ4v) is 2.93. The summed E-state index contributed by atoms with van der Waals surface area (Å²) in [6.45, 7) is 2.24. The van der Waals surface area contributed by atoms with Gasteiger partial charge in [0.25, 0.3) is 0 Å². The summed E-state index contributed by atoms with van der Waals surface area (Å²) in [4.78, 5) is 27.2. The van der Waals surface area contributed by atoms with Crippen molar-refractivity contribution in [1.29, 1.82) is 0 Å². The molecule has 0 aliphatic rings. The smallest absolute Gasteiger partial charge is 0.338 e. The van der Waals surface area contributed by atoms with Crippen molar-refractivity contribution >= 4 is 28.3 Å². The molecule has 130 valence electrons. The van der Waals surface area contributed by atoms with Crippen molar-refractivity contribution in [2.24, 2.45) is 7.05 Å². The summed E-state index contributed by atoms with van der Waals surface area (Å²) in [6, 6.07) is 0. The lowest BCUT2D eigenvalue weighted by Gasteiger charge is -2.02. The van der Waals surface area contributed by atoms with Crippen LogP contribution in [0.5, 0.6) is 0 Å². The molecule has 3 aromatic heterocycles. The number of nitrogens with one attached hydrogen (secondary N) is 1. The molecular formula is C15H16N6O3S. The molecule has 3 heterocycles. The topological polar surface area (TPSA) is 115 Å². The van der Waals surface area contributed by atoms with E-state index < -0.39 is 5.97 Å². The van der Waals surface area contributed by atoms with Gasteiger partial charge in [0.1, 0.15) is 0 Å². The number of anilines is 1. The van der Waals surface area contributed by atoms with Crippen LogP contribution in [0.1, 0.15) is 22.5 Å². The van der Waals surface area contributed by atoms with Gasteiger partial charge in [-0.3, -0.25) is 14.2 Å². The van der Waals surface area contributed by atoms with Crippen LogP contribution in [-0.4, -0.2) is 41.5 Å². The number of amides is 1. The van der Waals surface area contributed by atoms with Gasteiger partial charge >= 0.3 is 5.97 Å². The Hall–Kier alpha value is -3.01. The predicted molar refractivity (Wildman–Crippen MR) is 91.5 cm³/mol. The number of thiazole rings is 1. The normalized spacial score (nSPS) is 10.8. The van der Waals surface area contributed by atoms with E-state index in [9.17, 15) is 9.59 Å². The maximum absolute atomic E-state index is 12.0. The van der Waals surface area contributed by atoms with Crippen LogP contribution in [0.2, 0.25) is 0 Å². The van der Waals surface area contributed by atoms with Crippen LogP contribution in [0.4, 0.5) is 5.13 Å². The second-order valence-electron chi connectivity index (χ2n) is 5.40. The minimum Gasteiger partial charge on any atom is -0.478 e. The monoisotopic (exact) mass is 360 g/mol. The van der Waals surface area contributed by atoms with E-state index in [4.69, 9.17) is 5.11 Å². The lowest BCUT2D eigenvalue weighted by atomic mass is 10.2. The molecule has 25 heavy (non-hydrogen) atoms. The van der Waals surface area contributed by atoms with Crippen molar-refractivity contribution in [2.75, 3.05) is 5.32 Å². The molecule has 0 aliphatic heterocycles. The molecule has 0 saturated heterocycles. The third kappa shape index (κ3) is 3.74. The number of hydrogen-bond acceptors (Lipinski definition) is 6. The largest absolute Gasteiger partial charge is 0.478 e. The first-order valence-electron chi connectivity index (χ1n) is 7.44. The fraction of sp³-hybridized carbons (Fsp3) is 0.267. The molecule has 9 nitrogen and oxygen atoms in total. The molecule has 3 rings (SSSR count). The van der Waals surface area contributed by atoms with Gasteiger partial charge in [0, 0.05) is 42.8 Å². The second kappa shape index (κ2) is 6.85. The number of carbonyl (C=O) groups excluding carboxylic acids is 1. The van der Waals surface area contributed by atoms with Gasteiger partial charge in [-0.05, 0) is 6.92 Å². The van der Waals surface area contributed by atoms with Crippen molar-refractivity contribution in [3.05, 3.63) is 35.2 Å². The van der Waals surface area contributed by atoms with Crippen LogP contribution in [0, 0.1) is 6.92 Å². The Morgan fingerprint density at radius 3 is 2.76 bits per heavy atom. The van der Waals surface area contributed by atoms with Crippen LogP contribution < -0.4 is 5.32 Å². The summed E-state index contributed by atoms with van der Waals surface area (Å²) in [5.74, 6) is -1.26. The number of aromatic carboxylic acids is 1. The van der Waals surface area contributed by atoms with Crippen molar-refractivity contribution < 1.29 is 14.7 Å². The minimum absolute atomic E-state index is 0.0943. The number of aromatic nitrogens is 5. The van der Waals surface area contributed by atoms with Crippen LogP contribution in [0.25, 0.3) is 11.3 Å². The zero-order valence-electron chi connectivity index (χ0n) is 13.6. The fourth-order valence-electron chi connectivity index (χ4n) is 2.20. The lowest BCUT2D eigenvalue weighted by Crippen LogP contribution is -2.14. The van der Waals surface area contributed by atoms with Crippen LogP contribution >= 0.6 is 11.3 Å². The van der Waals surface area contributed by atoms with Gasteiger partial charge in [-0.1, -0.05) is 0 Å². The molecule has 2 N–H and O–H groups in total. The molecule has 0 atom stereocenters. The SMILES string of the molecule is Cc1c(-c2csc(NC(=O)CCn3cc(C(=O)O)cn3)n2)cnn1C. The molecule has 0 aromatic carbocycles. The van der Waals surface area contributed by atoms with E-state index >= 15 is 0 Å². The lowest BCUT2D eigenvalue weighted by molar-refractivity contribution is -0.116. The Balaban J connectivity index is 1.58. The van der Waals surface area contributed by atoms with E-state index in [1.165, 1.54) is 28.4 Å². The molecule has 3 aromatic rings. The van der Waals surface area contributed by atoms with E-state index in [2.05, 4.69) is 20.5 Å². The number of carboxylic acids is 1. The predicted octanol–water partition coefficient (Wildman–Crippen LogP) is 1.78. The maximum atomic E-state index is 12.0. The Morgan fingerprint density at radius 1 is 1.32 bits per heavy atom. The van der Waals surface area contributed by atoms with Gasteiger partial charge in [-0.2, -0.15) is 10.2 Å². The summed E-state index contributed by atoms with van der Waals surface area (Å²) >= 11 is 1.34.